The van der Waals surface area contributed by atoms with Crippen LogP contribution in [-0.2, 0) is 17.8 Å². The van der Waals surface area contributed by atoms with Gasteiger partial charge in [-0.2, -0.15) is 0 Å². The smallest absolute Gasteiger partial charge is 0.0702 e. The van der Waals surface area contributed by atoms with E-state index in [1.165, 1.54) is 29.1 Å². The van der Waals surface area contributed by atoms with Crippen molar-refractivity contribution in [3.63, 3.8) is 0 Å². The first-order valence-corrected chi connectivity index (χ1v) is 7.69. The van der Waals surface area contributed by atoms with Crippen LogP contribution >= 0.6 is 11.3 Å². The Balaban J connectivity index is 1.84. The van der Waals surface area contributed by atoms with Gasteiger partial charge in [-0.3, -0.25) is 4.90 Å². The van der Waals surface area contributed by atoms with Crippen LogP contribution < -0.4 is 5.32 Å². The fourth-order valence-electron chi connectivity index (χ4n) is 2.53. The maximum absolute atomic E-state index is 5.75. The fraction of sp³-hybridized carbons (Fsp3) is 0.714. The van der Waals surface area contributed by atoms with E-state index in [-0.39, 0.29) is 0 Å². The van der Waals surface area contributed by atoms with Crippen LogP contribution in [0.25, 0.3) is 0 Å². The van der Waals surface area contributed by atoms with Crippen molar-refractivity contribution in [3.8, 4) is 0 Å². The molecule has 0 radical (unpaired) electrons. The molecule has 2 rings (SSSR count). The van der Waals surface area contributed by atoms with E-state index in [1.807, 2.05) is 18.4 Å². The number of nitrogens with zero attached hydrogens (tertiary/aromatic N) is 1. The van der Waals surface area contributed by atoms with Crippen molar-refractivity contribution in [1.29, 1.82) is 0 Å². The maximum Gasteiger partial charge on any atom is 0.0702 e. The molecule has 1 aromatic rings. The van der Waals surface area contributed by atoms with Gasteiger partial charge in [0.1, 0.15) is 0 Å². The Hall–Kier alpha value is -0.420. The second-order valence-corrected chi connectivity index (χ2v) is 6.11. The lowest BCUT2D eigenvalue weighted by Crippen LogP contribution is -2.39. The molecular formula is C14H24N2OS. The number of nitrogens with one attached hydrogen (secondary N) is 1. The van der Waals surface area contributed by atoms with E-state index < -0.39 is 0 Å². The van der Waals surface area contributed by atoms with Crippen LogP contribution in [0.1, 0.15) is 29.5 Å². The van der Waals surface area contributed by atoms with Crippen molar-refractivity contribution in [1.82, 2.24) is 10.2 Å². The Labute approximate surface area is 114 Å². The zero-order valence-corrected chi connectivity index (χ0v) is 12.3. The van der Waals surface area contributed by atoms with Crippen molar-refractivity contribution < 1.29 is 4.74 Å². The minimum atomic E-state index is 0.445. The molecule has 0 aromatic carbocycles. The van der Waals surface area contributed by atoms with E-state index >= 15 is 0 Å². The average molecular weight is 268 g/mol. The van der Waals surface area contributed by atoms with Crippen LogP contribution in [0.5, 0.6) is 0 Å². The Kier molecular flexibility index (Phi) is 5.63. The number of ether oxygens (including phenoxy) is 1. The minimum absolute atomic E-state index is 0.445. The molecule has 0 spiro atoms. The van der Waals surface area contributed by atoms with E-state index in [1.54, 1.807) is 0 Å². The Morgan fingerprint density at radius 2 is 2.28 bits per heavy atom. The normalized spacial score (nSPS) is 21.3. The number of likely N-dealkylation sites (tertiary alicyclic amines) is 1. The highest BCUT2D eigenvalue weighted by Gasteiger charge is 2.20. The van der Waals surface area contributed by atoms with Crippen molar-refractivity contribution >= 4 is 11.3 Å². The zero-order chi connectivity index (χ0) is 12.8. The monoisotopic (exact) mass is 268 g/mol. The van der Waals surface area contributed by atoms with Crippen molar-refractivity contribution in [2.45, 2.75) is 39.0 Å². The van der Waals surface area contributed by atoms with Crippen LogP contribution in [0.4, 0.5) is 0 Å². The highest BCUT2D eigenvalue weighted by atomic mass is 32.1. The molecule has 2 heterocycles. The van der Waals surface area contributed by atoms with Crippen LogP contribution in [0.15, 0.2) is 12.1 Å². The van der Waals surface area contributed by atoms with Crippen LogP contribution in [-0.4, -0.2) is 37.7 Å². The molecule has 1 atom stereocenters. The molecule has 18 heavy (non-hydrogen) atoms. The summed E-state index contributed by atoms with van der Waals surface area (Å²) in [7, 11) is 2.00. The summed E-state index contributed by atoms with van der Waals surface area (Å²) in [4.78, 5) is 5.42. The third-order valence-corrected chi connectivity index (χ3v) is 4.38. The molecule has 4 heteroatoms. The zero-order valence-electron chi connectivity index (χ0n) is 11.4. The highest BCUT2D eigenvalue weighted by molar-refractivity contribution is 7.11. The van der Waals surface area contributed by atoms with E-state index in [9.17, 15) is 0 Å². The lowest BCUT2D eigenvalue weighted by atomic mass is 10.1. The molecule has 0 aliphatic carbocycles. The molecule has 1 aliphatic heterocycles. The summed E-state index contributed by atoms with van der Waals surface area (Å²) in [6.45, 7) is 7.28. The van der Waals surface area contributed by atoms with Gasteiger partial charge in [0.25, 0.3) is 0 Å². The first kappa shape index (κ1) is 14.0. The third kappa shape index (κ3) is 4.05. The largest absolute Gasteiger partial charge is 0.377 e. The van der Waals surface area contributed by atoms with Gasteiger partial charge in [-0.05, 0) is 45.5 Å². The van der Waals surface area contributed by atoms with Crippen molar-refractivity contribution in [3.05, 3.63) is 21.9 Å². The summed E-state index contributed by atoms with van der Waals surface area (Å²) in [6.07, 6.45) is 2.93. The topological polar surface area (TPSA) is 24.5 Å². The molecular weight excluding hydrogens is 244 g/mol. The molecule has 1 aliphatic rings. The molecule has 1 unspecified atom stereocenters. The summed E-state index contributed by atoms with van der Waals surface area (Å²) in [5.41, 5.74) is 0. The molecule has 1 fully saturated rings. The summed E-state index contributed by atoms with van der Waals surface area (Å²) in [5, 5.41) is 3.20. The highest BCUT2D eigenvalue weighted by Crippen LogP contribution is 2.21. The third-order valence-electron chi connectivity index (χ3n) is 3.31. The molecule has 0 bridgehead atoms. The molecule has 1 aromatic heterocycles. The second kappa shape index (κ2) is 7.24. The molecule has 1 saturated heterocycles. The Morgan fingerprint density at radius 1 is 1.44 bits per heavy atom. The molecule has 0 amide bonds. The number of hydrogen-bond donors (Lipinski definition) is 1. The predicted molar refractivity (Wildman–Crippen MR) is 77.0 cm³/mol. The van der Waals surface area contributed by atoms with Gasteiger partial charge in [-0.25, -0.2) is 0 Å². The first-order valence-electron chi connectivity index (χ1n) is 6.88. The lowest BCUT2D eigenvalue weighted by molar-refractivity contribution is 0.00390. The van der Waals surface area contributed by atoms with Gasteiger partial charge in [0.15, 0.2) is 0 Å². The summed E-state index contributed by atoms with van der Waals surface area (Å²) >= 11 is 1.92. The maximum atomic E-state index is 5.75. The average Bonchev–Trinajstić information content (AvgIpc) is 2.78. The SMILES string of the molecule is CCOC1CCCN(Cc2ccc(CNC)s2)C1. The van der Waals surface area contributed by atoms with E-state index in [4.69, 9.17) is 4.74 Å². The number of rotatable bonds is 6. The molecule has 1 N–H and O–H groups in total. The van der Waals surface area contributed by atoms with Crippen LogP contribution in [0.3, 0.4) is 0 Å². The Bertz CT molecular complexity index is 351. The summed E-state index contributed by atoms with van der Waals surface area (Å²) in [6, 6.07) is 4.50. The van der Waals surface area contributed by atoms with Gasteiger partial charge in [0.2, 0.25) is 0 Å². The van der Waals surface area contributed by atoms with Crippen LogP contribution in [0, 0.1) is 0 Å². The van der Waals surface area contributed by atoms with Crippen molar-refractivity contribution in [2.24, 2.45) is 0 Å². The van der Waals surface area contributed by atoms with Gasteiger partial charge >= 0.3 is 0 Å². The van der Waals surface area contributed by atoms with Gasteiger partial charge in [-0.1, -0.05) is 0 Å². The van der Waals surface area contributed by atoms with Crippen LogP contribution in [0.2, 0.25) is 0 Å². The van der Waals surface area contributed by atoms with E-state index in [0.29, 0.717) is 6.10 Å². The molecule has 0 saturated carbocycles. The minimum Gasteiger partial charge on any atom is -0.377 e. The van der Waals surface area contributed by atoms with E-state index in [2.05, 4.69) is 29.3 Å². The van der Waals surface area contributed by atoms with Gasteiger partial charge in [0.05, 0.1) is 6.10 Å². The molecule has 3 nitrogen and oxygen atoms in total. The summed E-state index contributed by atoms with van der Waals surface area (Å²) < 4.78 is 5.75. The van der Waals surface area contributed by atoms with Gasteiger partial charge in [0, 0.05) is 36.0 Å². The fourth-order valence-corrected chi connectivity index (χ4v) is 3.60. The quantitative estimate of drug-likeness (QED) is 0.858. The van der Waals surface area contributed by atoms with Crippen molar-refractivity contribution in [2.75, 3.05) is 26.7 Å². The van der Waals surface area contributed by atoms with Gasteiger partial charge in [-0.15, -0.1) is 11.3 Å². The first-order chi connectivity index (χ1) is 8.81. The lowest BCUT2D eigenvalue weighted by Gasteiger charge is -2.32. The van der Waals surface area contributed by atoms with Gasteiger partial charge < -0.3 is 10.1 Å². The Morgan fingerprint density at radius 3 is 3.06 bits per heavy atom. The van der Waals surface area contributed by atoms with E-state index in [0.717, 1.165) is 26.2 Å². The summed E-state index contributed by atoms with van der Waals surface area (Å²) in [5.74, 6) is 0. The predicted octanol–water partition coefficient (Wildman–Crippen LogP) is 2.47. The number of piperidine rings is 1. The number of hydrogen-bond acceptors (Lipinski definition) is 4. The molecule has 102 valence electrons. The standard InChI is InChI=1S/C14H24N2OS/c1-3-17-12-5-4-8-16(10-12)11-14-7-6-13(18-14)9-15-2/h6-7,12,15H,3-5,8-11H2,1-2H3. The number of thiophene rings is 1. The second-order valence-electron chi connectivity index (χ2n) is 4.85.